The molecule has 2 heterocycles. The van der Waals surface area contributed by atoms with Crippen LogP contribution in [0.5, 0.6) is 0 Å². The summed E-state index contributed by atoms with van der Waals surface area (Å²) < 4.78 is 0. The van der Waals surface area contributed by atoms with Gasteiger partial charge in [-0.05, 0) is 23.8 Å². The average molecular weight is 444 g/mol. The summed E-state index contributed by atoms with van der Waals surface area (Å²) in [5.74, 6) is -0.199. The lowest BCUT2D eigenvalue weighted by Crippen LogP contribution is -2.46. The average Bonchev–Trinajstić information content (AvgIpc) is 2.85. The smallest absolute Gasteiger partial charge is 0.292 e. The van der Waals surface area contributed by atoms with Crippen molar-refractivity contribution in [3.05, 3.63) is 99.6 Å². The molecule has 8 heteroatoms. The van der Waals surface area contributed by atoms with Gasteiger partial charge in [0.25, 0.3) is 11.6 Å². The summed E-state index contributed by atoms with van der Waals surface area (Å²) in [6.45, 7) is 4.00. The number of nitrogens with zero attached hydrogens (tertiary/aromatic N) is 3. The molecule has 1 atom stereocenters. The first kappa shape index (κ1) is 21.0. The highest BCUT2D eigenvalue weighted by Crippen LogP contribution is 2.34. The third kappa shape index (κ3) is 4.38. The van der Waals surface area contributed by atoms with Gasteiger partial charge in [0.15, 0.2) is 0 Å². The van der Waals surface area contributed by atoms with E-state index >= 15 is 0 Å². The quantitative estimate of drug-likeness (QED) is 0.461. The first-order valence-electron chi connectivity index (χ1n) is 11.0. The molecule has 5 rings (SSSR count). The monoisotopic (exact) mass is 443 g/mol. The van der Waals surface area contributed by atoms with Crippen molar-refractivity contribution in [2.75, 3.05) is 36.4 Å². The molecular weight excluding hydrogens is 418 g/mol. The Morgan fingerprint density at radius 3 is 2.39 bits per heavy atom. The van der Waals surface area contributed by atoms with Crippen LogP contribution in [0.4, 0.5) is 17.1 Å². The fourth-order valence-electron chi connectivity index (χ4n) is 4.50. The SMILES string of the molecule is O=C1N[C@H](c2ccc(N3CCN(Cc4ccccc4)CC3)c([N+](=O)[O-])c2)Nc2ccccc21. The summed E-state index contributed by atoms with van der Waals surface area (Å²) in [4.78, 5) is 28.5. The highest BCUT2D eigenvalue weighted by Gasteiger charge is 2.28. The summed E-state index contributed by atoms with van der Waals surface area (Å²) in [6.07, 6.45) is -0.525. The molecule has 2 aliphatic heterocycles. The topological polar surface area (TPSA) is 90.8 Å². The number of fused-ring (bicyclic) bond motifs is 1. The Morgan fingerprint density at radius 2 is 1.64 bits per heavy atom. The number of amides is 1. The second kappa shape index (κ2) is 8.91. The number of rotatable bonds is 5. The third-order valence-corrected chi connectivity index (χ3v) is 6.24. The molecule has 2 N–H and O–H groups in total. The van der Waals surface area contributed by atoms with E-state index in [2.05, 4.69) is 32.6 Å². The molecule has 1 amide bonds. The predicted molar refractivity (Wildman–Crippen MR) is 127 cm³/mol. The van der Waals surface area contributed by atoms with E-state index in [1.807, 2.05) is 36.4 Å². The van der Waals surface area contributed by atoms with Crippen molar-refractivity contribution in [2.24, 2.45) is 0 Å². The van der Waals surface area contributed by atoms with E-state index in [9.17, 15) is 14.9 Å². The molecule has 1 saturated heterocycles. The minimum Gasteiger partial charge on any atom is -0.363 e. The van der Waals surface area contributed by atoms with E-state index in [0.29, 0.717) is 22.5 Å². The van der Waals surface area contributed by atoms with Crippen LogP contribution in [0.3, 0.4) is 0 Å². The fraction of sp³-hybridized carbons (Fsp3) is 0.240. The molecule has 0 bridgehead atoms. The van der Waals surface area contributed by atoms with Crippen molar-refractivity contribution in [3.63, 3.8) is 0 Å². The standard InChI is InChI=1S/C25H25N5O3/c31-25-20-8-4-5-9-21(20)26-24(27-25)19-10-11-22(23(16-19)30(32)33)29-14-12-28(13-15-29)17-18-6-2-1-3-7-18/h1-11,16,24,26H,12-15,17H2,(H,27,31)/t24-/m1/s1. The summed E-state index contributed by atoms with van der Waals surface area (Å²) in [5.41, 5.74) is 3.87. The van der Waals surface area contributed by atoms with Gasteiger partial charge in [0.05, 0.1) is 10.5 Å². The number of carbonyl (C=O) groups is 1. The van der Waals surface area contributed by atoms with Gasteiger partial charge in [0.2, 0.25) is 0 Å². The molecule has 0 spiro atoms. The van der Waals surface area contributed by atoms with Crippen LogP contribution in [0.25, 0.3) is 0 Å². The number of hydrogen-bond acceptors (Lipinski definition) is 6. The lowest BCUT2D eigenvalue weighted by atomic mass is 10.0. The second-order valence-electron chi connectivity index (χ2n) is 8.35. The van der Waals surface area contributed by atoms with E-state index < -0.39 is 6.17 Å². The van der Waals surface area contributed by atoms with Gasteiger partial charge in [0.1, 0.15) is 11.9 Å². The van der Waals surface area contributed by atoms with Crippen molar-refractivity contribution in [3.8, 4) is 0 Å². The van der Waals surface area contributed by atoms with Gasteiger partial charge in [-0.15, -0.1) is 0 Å². The molecule has 1 fully saturated rings. The van der Waals surface area contributed by atoms with E-state index in [1.54, 1.807) is 24.3 Å². The van der Waals surface area contributed by atoms with Crippen LogP contribution in [0.15, 0.2) is 72.8 Å². The number of nitro groups is 1. The second-order valence-corrected chi connectivity index (χ2v) is 8.35. The number of hydrogen-bond donors (Lipinski definition) is 2. The van der Waals surface area contributed by atoms with Gasteiger partial charge in [0, 0.05) is 50.0 Å². The highest BCUT2D eigenvalue weighted by molar-refractivity contribution is 6.01. The van der Waals surface area contributed by atoms with Crippen LogP contribution in [0.2, 0.25) is 0 Å². The van der Waals surface area contributed by atoms with Crippen LogP contribution < -0.4 is 15.5 Å². The Labute approximate surface area is 192 Å². The Kier molecular flexibility index (Phi) is 5.66. The lowest BCUT2D eigenvalue weighted by Gasteiger charge is -2.36. The summed E-state index contributed by atoms with van der Waals surface area (Å²) in [5, 5.41) is 18.1. The molecule has 8 nitrogen and oxygen atoms in total. The molecule has 0 radical (unpaired) electrons. The van der Waals surface area contributed by atoms with Crippen LogP contribution >= 0.6 is 0 Å². The molecule has 168 valence electrons. The minimum absolute atomic E-state index is 0.0546. The highest BCUT2D eigenvalue weighted by atomic mass is 16.6. The van der Waals surface area contributed by atoms with Crippen molar-refractivity contribution >= 4 is 23.0 Å². The van der Waals surface area contributed by atoms with Crippen LogP contribution in [0, 0.1) is 10.1 Å². The van der Waals surface area contributed by atoms with Crippen LogP contribution in [-0.2, 0) is 6.54 Å². The summed E-state index contributed by atoms with van der Waals surface area (Å²) >= 11 is 0. The molecule has 0 unspecified atom stereocenters. The number of carbonyl (C=O) groups excluding carboxylic acids is 1. The lowest BCUT2D eigenvalue weighted by molar-refractivity contribution is -0.384. The Morgan fingerprint density at radius 1 is 0.909 bits per heavy atom. The van der Waals surface area contributed by atoms with Gasteiger partial charge >= 0.3 is 0 Å². The first-order valence-corrected chi connectivity index (χ1v) is 11.0. The van der Waals surface area contributed by atoms with Gasteiger partial charge in [-0.3, -0.25) is 19.8 Å². The fourth-order valence-corrected chi connectivity index (χ4v) is 4.50. The normalized spacial score (nSPS) is 18.2. The van der Waals surface area contributed by atoms with Gasteiger partial charge in [-0.1, -0.05) is 48.5 Å². The van der Waals surface area contributed by atoms with Crippen molar-refractivity contribution in [2.45, 2.75) is 12.7 Å². The molecule has 3 aromatic carbocycles. The third-order valence-electron chi connectivity index (χ3n) is 6.24. The zero-order valence-electron chi connectivity index (χ0n) is 18.1. The molecule has 2 aliphatic rings. The minimum atomic E-state index is -0.525. The zero-order valence-corrected chi connectivity index (χ0v) is 18.1. The van der Waals surface area contributed by atoms with Crippen molar-refractivity contribution in [1.29, 1.82) is 0 Å². The number of para-hydroxylation sites is 1. The molecule has 0 aromatic heterocycles. The van der Waals surface area contributed by atoms with Crippen molar-refractivity contribution < 1.29 is 9.72 Å². The Balaban J connectivity index is 1.32. The molecule has 0 saturated carbocycles. The first-order chi connectivity index (χ1) is 16.1. The van der Waals surface area contributed by atoms with Gasteiger partial charge in [-0.25, -0.2) is 0 Å². The molecule has 0 aliphatic carbocycles. The number of anilines is 2. The number of piperazine rings is 1. The Bertz CT molecular complexity index is 1180. The maximum absolute atomic E-state index is 12.5. The maximum atomic E-state index is 12.5. The van der Waals surface area contributed by atoms with Gasteiger partial charge in [-0.2, -0.15) is 0 Å². The Hall–Kier alpha value is -3.91. The molecule has 33 heavy (non-hydrogen) atoms. The predicted octanol–water partition coefficient (Wildman–Crippen LogP) is 3.77. The largest absolute Gasteiger partial charge is 0.363 e. The van der Waals surface area contributed by atoms with E-state index in [0.717, 1.165) is 32.7 Å². The number of benzene rings is 3. The van der Waals surface area contributed by atoms with Gasteiger partial charge < -0.3 is 15.5 Å². The van der Waals surface area contributed by atoms with Crippen molar-refractivity contribution in [1.82, 2.24) is 10.2 Å². The summed E-state index contributed by atoms with van der Waals surface area (Å²) in [6, 6.07) is 22.8. The number of nitrogens with one attached hydrogen (secondary N) is 2. The number of nitro benzene ring substituents is 1. The molecular formula is C25H25N5O3. The van der Waals surface area contributed by atoms with Crippen LogP contribution in [0.1, 0.15) is 27.7 Å². The van der Waals surface area contributed by atoms with E-state index in [1.165, 1.54) is 5.56 Å². The van der Waals surface area contributed by atoms with E-state index in [4.69, 9.17) is 0 Å². The molecule has 3 aromatic rings. The zero-order chi connectivity index (χ0) is 22.8. The maximum Gasteiger partial charge on any atom is 0.292 e. The van der Waals surface area contributed by atoms with E-state index in [-0.39, 0.29) is 16.5 Å². The van der Waals surface area contributed by atoms with Crippen LogP contribution in [-0.4, -0.2) is 41.9 Å². The summed E-state index contributed by atoms with van der Waals surface area (Å²) in [7, 11) is 0.